The molecule has 0 saturated carbocycles. The van der Waals surface area contributed by atoms with E-state index < -0.39 is 0 Å². The van der Waals surface area contributed by atoms with Gasteiger partial charge in [-0.15, -0.1) is 5.92 Å². The Kier molecular flexibility index (Phi) is 5.11. The molecular formula is C16H13BrClNO2. The number of aromatic nitrogens is 1. The monoisotopic (exact) mass is 365 g/mol. The molecule has 0 aliphatic carbocycles. The summed E-state index contributed by atoms with van der Waals surface area (Å²) in [6.07, 6.45) is 0. The zero-order valence-electron chi connectivity index (χ0n) is 11.6. The molecule has 5 heteroatoms. The van der Waals surface area contributed by atoms with Crippen LogP contribution in [0.4, 0.5) is 0 Å². The largest absolute Gasteiger partial charge is 0.481 e. The van der Waals surface area contributed by atoms with Gasteiger partial charge in [0.2, 0.25) is 0 Å². The molecule has 0 bridgehead atoms. The molecule has 0 N–H and O–H groups in total. The summed E-state index contributed by atoms with van der Waals surface area (Å²) >= 11 is 9.34. The van der Waals surface area contributed by atoms with Crippen molar-refractivity contribution >= 4 is 27.5 Å². The SMILES string of the molecule is CC#CCOc1ccc(-c2ccc(Cl)c(=O)n2C)c(Br)c1. The lowest BCUT2D eigenvalue weighted by atomic mass is 10.1. The summed E-state index contributed by atoms with van der Waals surface area (Å²) < 4.78 is 7.85. The number of hydrogen-bond donors (Lipinski definition) is 0. The molecule has 0 spiro atoms. The predicted molar refractivity (Wildman–Crippen MR) is 88.8 cm³/mol. The van der Waals surface area contributed by atoms with Gasteiger partial charge in [-0.05, 0) is 53.2 Å². The number of hydrogen-bond acceptors (Lipinski definition) is 2. The van der Waals surface area contributed by atoms with Crippen molar-refractivity contribution in [3.8, 4) is 28.8 Å². The number of halogens is 2. The molecule has 0 aliphatic heterocycles. The minimum absolute atomic E-state index is 0.204. The molecule has 0 fully saturated rings. The quantitative estimate of drug-likeness (QED) is 0.772. The summed E-state index contributed by atoms with van der Waals surface area (Å²) in [4.78, 5) is 11.9. The Bertz CT molecular complexity index is 787. The van der Waals surface area contributed by atoms with E-state index in [1.807, 2.05) is 24.3 Å². The highest BCUT2D eigenvalue weighted by Gasteiger charge is 2.10. The number of nitrogens with zero attached hydrogens (tertiary/aromatic N) is 1. The molecular weight excluding hydrogens is 354 g/mol. The highest BCUT2D eigenvalue weighted by atomic mass is 79.9. The topological polar surface area (TPSA) is 31.2 Å². The van der Waals surface area contributed by atoms with Crippen LogP contribution in [0.1, 0.15) is 6.92 Å². The van der Waals surface area contributed by atoms with Gasteiger partial charge in [0.05, 0.1) is 5.69 Å². The van der Waals surface area contributed by atoms with E-state index in [1.165, 1.54) is 4.57 Å². The molecule has 0 radical (unpaired) electrons. The smallest absolute Gasteiger partial charge is 0.269 e. The van der Waals surface area contributed by atoms with E-state index in [-0.39, 0.29) is 10.6 Å². The highest BCUT2D eigenvalue weighted by Crippen LogP contribution is 2.31. The summed E-state index contributed by atoms with van der Waals surface area (Å²) in [5.41, 5.74) is 1.44. The summed E-state index contributed by atoms with van der Waals surface area (Å²) in [7, 11) is 1.69. The van der Waals surface area contributed by atoms with Crippen LogP contribution in [-0.4, -0.2) is 11.2 Å². The molecule has 0 aliphatic rings. The zero-order valence-corrected chi connectivity index (χ0v) is 14.0. The summed E-state index contributed by atoms with van der Waals surface area (Å²) in [6.45, 7) is 2.12. The minimum atomic E-state index is -0.223. The van der Waals surface area contributed by atoms with Gasteiger partial charge in [0.1, 0.15) is 17.4 Å². The maximum Gasteiger partial charge on any atom is 0.269 e. The van der Waals surface area contributed by atoms with Gasteiger partial charge < -0.3 is 9.30 Å². The number of pyridine rings is 1. The van der Waals surface area contributed by atoms with Crippen LogP contribution in [0.25, 0.3) is 11.3 Å². The van der Waals surface area contributed by atoms with Crippen molar-refractivity contribution in [1.82, 2.24) is 4.57 Å². The van der Waals surface area contributed by atoms with E-state index in [2.05, 4.69) is 27.8 Å². The van der Waals surface area contributed by atoms with E-state index in [1.54, 1.807) is 20.0 Å². The maximum atomic E-state index is 11.9. The summed E-state index contributed by atoms with van der Waals surface area (Å²) in [5.74, 6) is 6.32. The van der Waals surface area contributed by atoms with E-state index in [0.717, 1.165) is 15.7 Å². The van der Waals surface area contributed by atoms with E-state index in [0.29, 0.717) is 12.4 Å². The second-order valence-electron chi connectivity index (χ2n) is 4.29. The molecule has 0 unspecified atom stereocenters. The molecule has 21 heavy (non-hydrogen) atoms. The highest BCUT2D eigenvalue weighted by molar-refractivity contribution is 9.10. The first-order valence-electron chi connectivity index (χ1n) is 6.22. The Morgan fingerprint density at radius 3 is 2.76 bits per heavy atom. The number of rotatable bonds is 3. The molecule has 108 valence electrons. The summed E-state index contributed by atoms with van der Waals surface area (Å²) in [5, 5.41) is 0.204. The van der Waals surface area contributed by atoms with Gasteiger partial charge in [0.25, 0.3) is 5.56 Å². The third-order valence-corrected chi connectivity index (χ3v) is 3.91. The van der Waals surface area contributed by atoms with Crippen LogP contribution in [0, 0.1) is 11.8 Å². The van der Waals surface area contributed by atoms with Crippen LogP contribution in [-0.2, 0) is 7.05 Å². The molecule has 2 rings (SSSR count). The van der Waals surface area contributed by atoms with Gasteiger partial charge in [-0.25, -0.2) is 0 Å². The fraction of sp³-hybridized carbons (Fsp3) is 0.188. The standard InChI is InChI=1S/C16H13BrClNO2/c1-3-4-9-21-11-5-6-12(13(17)10-11)15-8-7-14(18)16(20)19(15)2/h5-8,10H,9H2,1-2H3. The maximum absolute atomic E-state index is 11.9. The van der Waals surface area contributed by atoms with Gasteiger partial charge in [0, 0.05) is 17.1 Å². The van der Waals surface area contributed by atoms with Crippen molar-refractivity contribution in [2.45, 2.75) is 6.92 Å². The Morgan fingerprint density at radius 1 is 1.33 bits per heavy atom. The first-order valence-corrected chi connectivity index (χ1v) is 7.39. The molecule has 0 atom stereocenters. The zero-order chi connectivity index (χ0) is 15.4. The molecule has 1 heterocycles. The Balaban J connectivity index is 2.39. The first kappa shape index (κ1) is 15.7. The number of ether oxygens (including phenoxy) is 1. The second-order valence-corrected chi connectivity index (χ2v) is 5.55. The van der Waals surface area contributed by atoms with Crippen molar-refractivity contribution < 1.29 is 4.74 Å². The normalized spacial score (nSPS) is 9.90. The predicted octanol–water partition coefficient (Wildman–Crippen LogP) is 3.87. The van der Waals surface area contributed by atoms with Crippen molar-refractivity contribution in [2.24, 2.45) is 7.05 Å². The first-order chi connectivity index (χ1) is 10.0. The van der Waals surface area contributed by atoms with Gasteiger partial charge in [-0.1, -0.05) is 17.5 Å². The Morgan fingerprint density at radius 2 is 2.10 bits per heavy atom. The van der Waals surface area contributed by atoms with Crippen LogP contribution < -0.4 is 10.3 Å². The molecule has 0 saturated heterocycles. The van der Waals surface area contributed by atoms with Gasteiger partial charge in [-0.3, -0.25) is 4.79 Å². The van der Waals surface area contributed by atoms with E-state index in [4.69, 9.17) is 16.3 Å². The lowest BCUT2D eigenvalue weighted by Crippen LogP contribution is -2.18. The lowest BCUT2D eigenvalue weighted by molar-refractivity contribution is 0.370. The fourth-order valence-electron chi connectivity index (χ4n) is 1.86. The van der Waals surface area contributed by atoms with Crippen LogP contribution in [0.3, 0.4) is 0 Å². The molecule has 3 nitrogen and oxygen atoms in total. The molecule has 1 aromatic carbocycles. The second kappa shape index (κ2) is 6.84. The average molecular weight is 367 g/mol. The third kappa shape index (κ3) is 3.49. The molecule has 2 aromatic rings. The number of benzene rings is 1. The molecule has 1 aromatic heterocycles. The van der Waals surface area contributed by atoms with E-state index >= 15 is 0 Å². The minimum Gasteiger partial charge on any atom is -0.481 e. The van der Waals surface area contributed by atoms with Gasteiger partial charge in [0.15, 0.2) is 0 Å². The van der Waals surface area contributed by atoms with Crippen LogP contribution in [0.2, 0.25) is 5.02 Å². The molecule has 0 amide bonds. The van der Waals surface area contributed by atoms with Gasteiger partial charge >= 0.3 is 0 Å². The Labute approximate surface area is 136 Å². The average Bonchev–Trinajstić information content (AvgIpc) is 2.46. The van der Waals surface area contributed by atoms with E-state index in [9.17, 15) is 4.79 Å². The third-order valence-electron chi connectivity index (χ3n) is 2.96. The lowest BCUT2D eigenvalue weighted by Gasteiger charge is -2.12. The van der Waals surface area contributed by atoms with Crippen LogP contribution in [0.5, 0.6) is 5.75 Å². The van der Waals surface area contributed by atoms with Gasteiger partial charge in [-0.2, -0.15) is 0 Å². The van der Waals surface area contributed by atoms with Crippen LogP contribution in [0.15, 0.2) is 39.6 Å². The fourth-order valence-corrected chi connectivity index (χ4v) is 2.61. The van der Waals surface area contributed by atoms with Crippen molar-refractivity contribution in [3.63, 3.8) is 0 Å². The van der Waals surface area contributed by atoms with Crippen molar-refractivity contribution in [2.75, 3.05) is 6.61 Å². The van der Waals surface area contributed by atoms with Crippen molar-refractivity contribution in [1.29, 1.82) is 0 Å². The van der Waals surface area contributed by atoms with Crippen molar-refractivity contribution in [3.05, 3.63) is 50.2 Å². The Hall–Kier alpha value is -1.70. The summed E-state index contributed by atoms with van der Waals surface area (Å²) in [6, 6.07) is 9.00. The van der Waals surface area contributed by atoms with Crippen LogP contribution >= 0.6 is 27.5 Å².